The van der Waals surface area contributed by atoms with Crippen molar-refractivity contribution < 1.29 is 92.7 Å². The minimum absolute atomic E-state index is 0.00261. The van der Waals surface area contributed by atoms with Crippen molar-refractivity contribution in [2.75, 3.05) is 25.5 Å². The molecule has 5 aliphatic heterocycles. The number of nitrogens with one attached hydrogen (secondary N) is 9. The molecule has 5 heterocycles. The number of likely N-dealkylation sites (N-methyl/N-ethyl adjacent to an activating group) is 1. The Morgan fingerprint density at radius 2 is 1.46 bits per heavy atom. The third-order valence-corrected chi connectivity index (χ3v) is 25.1. The fourth-order valence-electron chi connectivity index (χ4n) is 18.9. The number of amides is 9. The van der Waals surface area contributed by atoms with Gasteiger partial charge in [0.05, 0.1) is 53.2 Å². The molecule has 21 unspecified atom stereocenters. The Morgan fingerprint density at radius 1 is 0.750 bits per heavy atom. The molecule has 0 aromatic heterocycles. The summed E-state index contributed by atoms with van der Waals surface area (Å²) in [6, 6.07) is 8.69. The maximum absolute atomic E-state index is 16.2. The zero-order valence-corrected chi connectivity index (χ0v) is 63.5. The first-order valence-electron chi connectivity index (χ1n) is 38.3. The van der Waals surface area contributed by atoms with Crippen LogP contribution in [0.25, 0.3) is 0 Å². The molecule has 21 atom stereocenters. The molecule has 112 heavy (non-hydrogen) atoms. The highest BCUT2D eigenvalue weighted by Gasteiger charge is 2.84. The van der Waals surface area contributed by atoms with Gasteiger partial charge in [0.2, 0.25) is 47.6 Å². The average Bonchev–Trinajstić information content (AvgIpc) is 0.738. The normalized spacial score (nSPS) is 33.3. The van der Waals surface area contributed by atoms with E-state index in [9.17, 15) is 59.4 Å². The predicted octanol–water partition coefficient (Wildman–Crippen LogP) is 2.91. The number of benzene rings is 4. The summed E-state index contributed by atoms with van der Waals surface area (Å²) in [6.07, 6.45) is -9.23. The number of halogens is 2. The number of ketones is 1. The number of unbranched alkanes of at least 4 members (excludes halogenated alkanes) is 1. The van der Waals surface area contributed by atoms with Crippen LogP contribution in [0.2, 0.25) is 10.0 Å². The van der Waals surface area contributed by atoms with Crippen molar-refractivity contribution in [1.82, 2.24) is 42.5 Å². The number of urea groups is 1. The van der Waals surface area contributed by atoms with Crippen molar-refractivity contribution in [3.63, 3.8) is 0 Å². The second-order valence-corrected chi connectivity index (χ2v) is 32.6. The zero-order chi connectivity index (χ0) is 79.6. The first kappa shape index (κ1) is 79.7. The topological polar surface area (TPSA) is 472 Å². The third kappa shape index (κ3) is 15.3. The second kappa shape index (κ2) is 32.5. The van der Waals surface area contributed by atoms with E-state index in [-0.39, 0.29) is 90.6 Å². The van der Waals surface area contributed by atoms with Crippen molar-refractivity contribution >= 4 is 82.1 Å². The van der Waals surface area contributed by atoms with E-state index in [0.29, 0.717) is 29.5 Å². The maximum atomic E-state index is 16.2. The Morgan fingerprint density at radius 3 is 2.13 bits per heavy atom. The van der Waals surface area contributed by atoms with E-state index in [0.717, 1.165) is 44.1 Å². The van der Waals surface area contributed by atoms with Crippen LogP contribution in [0.15, 0.2) is 114 Å². The molecule has 9 amide bonds. The number of fused-ring (bicyclic) bond motifs is 16. The highest BCUT2D eigenvalue weighted by Crippen LogP contribution is 2.87. The van der Waals surface area contributed by atoms with Crippen LogP contribution in [0.5, 0.6) is 11.5 Å². The van der Waals surface area contributed by atoms with E-state index in [1.54, 1.807) is 19.2 Å². The van der Waals surface area contributed by atoms with Crippen molar-refractivity contribution in [3.8, 4) is 11.5 Å². The Hall–Kier alpha value is -8.89. The summed E-state index contributed by atoms with van der Waals surface area (Å²) in [7, 11) is 1.58. The van der Waals surface area contributed by atoms with Gasteiger partial charge in [0, 0.05) is 49.5 Å². The monoisotopic (exact) mass is 1580 g/mol. The van der Waals surface area contributed by atoms with Gasteiger partial charge < -0.3 is 104 Å². The molecule has 7 aliphatic carbocycles. The van der Waals surface area contributed by atoms with Gasteiger partial charge in [0.25, 0.3) is 0 Å². The van der Waals surface area contributed by atoms with Gasteiger partial charge in [-0.05, 0) is 174 Å². The quantitative estimate of drug-likeness (QED) is 0.0722. The third-order valence-electron chi connectivity index (χ3n) is 24.5. The van der Waals surface area contributed by atoms with Crippen LogP contribution in [0.4, 0.5) is 10.5 Å². The summed E-state index contributed by atoms with van der Waals surface area (Å²) >= 11 is 14.3. The van der Waals surface area contributed by atoms with Gasteiger partial charge in [-0.2, -0.15) is 0 Å². The van der Waals surface area contributed by atoms with Gasteiger partial charge in [-0.25, -0.2) is 4.79 Å². The lowest BCUT2D eigenvalue weighted by Gasteiger charge is -2.88. The maximum Gasteiger partial charge on any atom is 0.325 e. The number of aliphatic hydroxyl groups excluding tert-OH is 6. The van der Waals surface area contributed by atoms with Crippen molar-refractivity contribution in [3.05, 3.63) is 157 Å². The van der Waals surface area contributed by atoms with E-state index >= 15 is 14.4 Å². The lowest BCUT2D eigenvalue weighted by atomic mass is 9.17. The standard InChI is InChI=1S/C80H95Cl2N11O19/c1-5-6-7-34-8-13-41(14-9-34)87-79(108)90-60(96)29-52-75(105)92-64-38-22-57(72(112-78-71(102)70(101)69(100)59(31-83)111-78)58(23-38)110-56-17-12-37(21-50(56)82)67(98)53(32-86-52)88-74(104)51(85-4)18-33(2)3)109-55-16-11-35(20-49(55)81)54(95)30-61(97)89-65(77(107)93-66-47-25-39-24-40-26-48(66)80(39,40)47)45-27-42(94)28-46-62(45)44-19-36(10-15-43(44)68(46)99)63(73(84)103)91-76(64)106/h8-17,19-21,23,27,33,39-40,46-48,51-54,57,59,62-71,78,85-86,95,98-102H,5-7,18,22,24-26,28-32,83H2,1-4H3,(H2,84,103)(H,88,104)(H,89,97)(H,91,106)(H,92,105)(H,93,107)(H2,87,90,96,108). The van der Waals surface area contributed by atoms with E-state index in [1.807, 2.05) is 26.0 Å². The molecule has 19 N–H and O–H groups in total. The first-order valence-corrected chi connectivity index (χ1v) is 39.1. The lowest BCUT2D eigenvalue weighted by molar-refractivity contribution is -0.390. The molecule has 598 valence electrons. The van der Waals surface area contributed by atoms with Gasteiger partial charge in [-0.3, -0.25) is 43.7 Å². The highest BCUT2D eigenvalue weighted by atomic mass is 35.5. The van der Waals surface area contributed by atoms with Gasteiger partial charge in [-0.15, -0.1) is 0 Å². The van der Waals surface area contributed by atoms with E-state index in [1.165, 1.54) is 66.7 Å². The molecule has 32 heteroatoms. The number of aliphatic hydroxyl groups is 6. The molecular formula is C80H95Cl2N11O19. The Labute approximate surface area is 655 Å². The number of rotatable bonds is 17. The molecule has 4 aromatic rings. The number of aryl methyl sites for hydroxylation is 1. The molecule has 30 nitrogen and oxygen atoms in total. The van der Waals surface area contributed by atoms with Crippen LogP contribution in [0, 0.1) is 40.9 Å². The van der Waals surface area contributed by atoms with Crippen LogP contribution in [0.3, 0.4) is 0 Å². The van der Waals surface area contributed by atoms with Crippen LogP contribution in [-0.4, -0.2) is 177 Å². The largest absolute Gasteiger partial charge is 0.480 e. The SMILES string of the molecule is CCCCc1ccc(NC(=O)NC(=O)CC2NCC(NC(=O)C(CC(C)C)NC)C(O)c3ccc(c(Cl)c3)OC3=C(OC4OC(CN)C(O)C(O)C4O)C4CC(=C3)C(NC2=O)C(=O)NC(C(N)=O)c2ccc3c(c2)C2C(=CC(=O)CC2C3O)C(C(=O)NC2C3CC5CC6CC2C563)NC(=O)CC(O)c2ccc(c(Cl)c2)O4)cc1. The molecule has 12 aliphatic rings. The Bertz CT molecular complexity index is 4480. The molecule has 16 rings (SSSR count). The molecule has 1 spiro atoms. The van der Waals surface area contributed by atoms with Gasteiger partial charge in [0.15, 0.2) is 23.4 Å². The van der Waals surface area contributed by atoms with Crippen molar-refractivity contribution in [1.29, 1.82) is 0 Å². The molecule has 4 saturated carbocycles. The van der Waals surface area contributed by atoms with Crippen LogP contribution in [-0.2, 0) is 54.3 Å². The molecule has 4 aromatic carbocycles. The van der Waals surface area contributed by atoms with E-state index in [2.05, 4.69) is 54.8 Å². The number of allylic oxidation sites excluding steroid dienone is 2. The summed E-state index contributed by atoms with van der Waals surface area (Å²) < 4.78 is 26.1. The first-order chi connectivity index (χ1) is 53.5. The number of hydrogen-bond acceptors (Lipinski definition) is 22. The van der Waals surface area contributed by atoms with Crippen LogP contribution in [0.1, 0.15) is 149 Å². The Kier molecular flexibility index (Phi) is 23.2. The summed E-state index contributed by atoms with van der Waals surface area (Å²) in [5.41, 5.74) is 14.6. The number of ether oxygens (including phenoxy) is 4. The van der Waals surface area contributed by atoms with Crippen LogP contribution < -0.4 is 68.8 Å². The average molecular weight is 1590 g/mol. The summed E-state index contributed by atoms with van der Waals surface area (Å²) in [5, 5.41) is 95.7. The fraction of sp³-hybridized carbons (Fsp3) is 0.512. The number of anilines is 1. The second-order valence-electron chi connectivity index (χ2n) is 31.8. The minimum atomic E-state index is -2.08. The summed E-state index contributed by atoms with van der Waals surface area (Å²) in [6.45, 7) is 4.94. The number of hydrogen-bond donors (Lipinski definition) is 17. The minimum Gasteiger partial charge on any atom is -0.480 e. The molecule has 1 saturated heterocycles. The Balaban J connectivity index is 0.900. The van der Waals surface area contributed by atoms with Gasteiger partial charge in [0.1, 0.15) is 60.1 Å². The number of carbonyl (C=O) groups excluding carboxylic acids is 9. The van der Waals surface area contributed by atoms with Gasteiger partial charge >= 0.3 is 6.03 Å². The number of imide groups is 1. The van der Waals surface area contributed by atoms with Crippen molar-refractivity contribution in [2.45, 2.75) is 195 Å². The summed E-state index contributed by atoms with van der Waals surface area (Å²) in [5.74, 6) is -8.60. The van der Waals surface area contributed by atoms with Crippen LogP contribution >= 0.6 is 23.2 Å². The van der Waals surface area contributed by atoms with E-state index < -0.39 is 200 Å². The van der Waals surface area contributed by atoms with Gasteiger partial charge in [-0.1, -0.05) is 92.9 Å². The van der Waals surface area contributed by atoms with Crippen molar-refractivity contribution in [2.24, 2.45) is 52.4 Å². The molecule has 0 radical (unpaired) electrons. The molecular weight excluding hydrogens is 1490 g/mol. The summed E-state index contributed by atoms with van der Waals surface area (Å²) in [4.78, 5) is 133. The lowest BCUT2D eigenvalue weighted by Crippen LogP contribution is -2.88. The number of primary amides is 1. The highest BCUT2D eigenvalue weighted by molar-refractivity contribution is 6.32. The van der Waals surface area contributed by atoms with E-state index in [4.69, 9.17) is 53.6 Å². The molecule has 5 fully saturated rings. The smallest absolute Gasteiger partial charge is 0.325 e. The molecule has 9 bridgehead atoms. The number of nitrogens with two attached hydrogens (primary N) is 2. The number of carbonyl (C=O) groups is 9. The fourth-order valence-corrected chi connectivity index (χ4v) is 19.3. The predicted molar refractivity (Wildman–Crippen MR) is 403 cm³/mol. The zero-order valence-electron chi connectivity index (χ0n) is 62.0.